The van der Waals surface area contributed by atoms with Gasteiger partial charge in [0, 0.05) is 25.6 Å². The lowest BCUT2D eigenvalue weighted by atomic mass is 9.71. The summed E-state index contributed by atoms with van der Waals surface area (Å²) >= 11 is 1.62. The number of nitrogens with one attached hydrogen (secondary N) is 1. The fourth-order valence-corrected chi connectivity index (χ4v) is 6.48. The number of para-hydroxylation sites is 1. The van der Waals surface area contributed by atoms with Crippen LogP contribution in [0, 0.1) is 0 Å². The Labute approximate surface area is 209 Å². The SMILES string of the molecule is COc1ccccc1C(=O)N[C@H]1c2ccccc2C2(CCN(C(=O)Cc3ccsc3)CC2)[C@@H]1OC. The van der Waals surface area contributed by atoms with Crippen molar-refractivity contribution in [1.29, 1.82) is 0 Å². The molecule has 3 aromatic rings. The molecule has 1 N–H and O–H groups in total. The van der Waals surface area contributed by atoms with Crippen LogP contribution in [-0.4, -0.2) is 50.1 Å². The topological polar surface area (TPSA) is 67.9 Å². The highest BCUT2D eigenvalue weighted by Gasteiger charge is 2.54. The molecule has 0 radical (unpaired) electrons. The van der Waals surface area contributed by atoms with E-state index in [0.29, 0.717) is 30.8 Å². The predicted octanol–water partition coefficient (Wildman–Crippen LogP) is 4.36. The van der Waals surface area contributed by atoms with Gasteiger partial charge in [-0.2, -0.15) is 11.3 Å². The van der Waals surface area contributed by atoms with Gasteiger partial charge in [0.1, 0.15) is 5.75 Å². The third-order valence-corrected chi connectivity index (χ3v) is 8.25. The average molecular weight is 491 g/mol. The molecule has 1 aromatic heterocycles. The standard InChI is InChI=1S/C28H30N2O4S/c1-33-23-10-6-4-8-21(23)27(32)29-25-20-7-3-5-9-22(20)28(26(25)34-2)12-14-30(15-13-28)24(31)17-19-11-16-35-18-19/h3-11,16,18,25-26H,12-15,17H2,1-2H3,(H,29,32)/t25-,26+/m0/s1. The van der Waals surface area contributed by atoms with E-state index in [1.807, 2.05) is 46.0 Å². The van der Waals surface area contributed by atoms with Crippen LogP contribution in [-0.2, 0) is 21.4 Å². The van der Waals surface area contributed by atoms with Gasteiger partial charge in [0.2, 0.25) is 5.91 Å². The van der Waals surface area contributed by atoms with Gasteiger partial charge in [-0.1, -0.05) is 36.4 Å². The molecule has 2 aromatic carbocycles. The van der Waals surface area contributed by atoms with Crippen molar-refractivity contribution in [2.75, 3.05) is 27.3 Å². The molecule has 0 bridgehead atoms. The van der Waals surface area contributed by atoms with Crippen LogP contribution in [0.15, 0.2) is 65.4 Å². The van der Waals surface area contributed by atoms with Gasteiger partial charge in [-0.05, 0) is 58.5 Å². The van der Waals surface area contributed by atoms with Crippen molar-refractivity contribution in [3.63, 3.8) is 0 Å². The largest absolute Gasteiger partial charge is 0.496 e. The molecule has 6 nitrogen and oxygen atoms in total. The lowest BCUT2D eigenvalue weighted by Gasteiger charge is -2.44. The summed E-state index contributed by atoms with van der Waals surface area (Å²) in [6.45, 7) is 1.34. The predicted molar refractivity (Wildman–Crippen MR) is 136 cm³/mol. The van der Waals surface area contributed by atoms with Gasteiger partial charge in [0.05, 0.1) is 31.2 Å². The number of methoxy groups -OCH3 is 2. The summed E-state index contributed by atoms with van der Waals surface area (Å²) in [4.78, 5) is 28.2. The van der Waals surface area contributed by atoms with Crippen molar-refractivity contribution in [2.24, 2.45) is 0 Å². The normalized spacial score (nSPS) is 20.5. The zero-order valence-corrected chi connectivity index (χ0v) is 20.8. The van der Waals surface area contributed by atoms with Crippen molar-refractivity contribution in [3.8, 4) is 5.75 Å². The highest BCUT2D eigenvalue weighted by Crippen LogP contribution is 2.52. The van der Waals surface area contributed by atoms with Crippen molar-refractivity contribution >= 4 is 23.2 Å². The van der Waals surface area contributed by atoms with E-state index in [1.54, 1.807) is 37.7 Å². The van der Waals surface area contributed by atoms with Gasteiger partial charge in [0.15, 0.2) is 0 Å². The number of hydrogen-bond acceptors (Lipinski definition) is 5. The fourth-order valence-electron chi connectivity index (χ4n) is 5.81. The van der Waals surface area contributed by atoms with Gasteiger partial charge in [0.25, 0.3) is 5.91 Å². The number of likely N-dealkylation sites (tertiary alicyclic amines) is 1. The molecule has 0 unspecified atom stereocenters. The zero-order valence-electron chi connectivity index (χ0n) is 20.0. The number of amides is 2. The second-order valence-corrected chi connectivity index (χ2v) is 10.0. The van der Waals surface area contributed by atoms with Crippen LogP contribution in [0.2, 0.25) is 0 Å². The van der Waals surface area contributed by atoms with E-state index >= 15 is 0 Å². The van der Waals surface area contributed by atoms with Crippen LogP contribution in [0.1, 0.15) is 45.9 Å². The zero-order chi connectivity index (χ0) is 24.4. The number of nitrogens with zero attached hydrogens (tertiary/aromatic N) is 1. The van der Waals surface area contributed by atoms with Crippen molar-refractivity contribution < 1.29 is 19.1 Å². The molecular formula is C28H30N2O4S. The summed E-state index contributed by atoms with van der Waals surface area (Å²) in [5.41, 5.74) is 3.60. The molecular weight excluding hydrogens is 460 g/mol. The van der Waals surface area contributed by atoms with Gasteiger partial charge in [-0.3, -0.25) is 9.59 Å². The number of benzene rings is 2. The molecule has 2 amide bonds. The molecule has 182 valence electrons. The first-order chi connectivity index (χ1) is 17.1. The van der Waals surface area contributed by atoms with Crippen LogP contribution in [0.25, 0.3) is 0 Å². The Morgan fingerprint density at radius 1 is 1.06 bits per heavy atom. The monoisotopic (exact) mass is 490 g/mol. The number of carbonyl (C=O) groups is 2. The highest BCUT2D eigenvalue weighted by molar-refractivity contribution is 7.08. The van der Waals surface area contributed by atoms with Crippen LogP contribution < -0.4 is 10.1 Å². The first kappa shape index (κ1) is 23.6. The fraction of sp³-hybridized carbons (Fsp3) is 0.357. The molecule has 1 aliphatic carbocycles. The van der Waals surface area contributed by atoms with Crippen LogP contribution in [0.3, 0.4) is 0 Å². The van der Waals surface area contributed by atoms with E-state index in [2.05, 4.69) is 17.4 Å². The van der Waals surface area contributed by atoms with Crippen LogP contribution >= 0.6 is 11.3 Å². The molecule has 7 heteroatoms. The minimum Gasteiger partial charge on any atom is -0.496 e. The Morgan fingerprint density at radius 3 is 2.51 bits per heavy atom. The molecule has 1 fully saturated rings. The maximum atomic E-state index is 13.3. The summed E-state index contributed by atoms with van der Waals surface area (Å²) < 4.78 is 11.5. The second-order valence-electron chi connectivity index (χ2n) is 9.24. The Bertz CT molecular complexity index is 1200. The molecule has 1 spiro atoms. The van der Waals surface area contributed by atoms with Crippen LogP contribution in [0.4, 0.5) is 0 Å². The Hall–Kier alpha value is -3.16. The Kier molecular flexibility index (Phi) is 6.62. The number of rotatable bonds is 6. The Balaban J connectivity index is 1.39. The van der Waals surface area contributed by atoms with Gasteiger partial charge in [-0.15, -0.1) is 0 Å². The third-order valence-electron chi connectivity index (χ3n) is 7.52. The summed E-state index contributed by atoms with van der Waals surface area (Å²) in [5.74, 6) is 0.515. The molecule has 1 saturated heterocycles. The molecule has 35 heavy (non-hydrogen) atoms. The number of hydrogen-bond donors (Lipinski definition) is 1. The van der Waals surface area contributed by atoms with E-state index in [0.717, 1.165) is 24.0 Å². The number of ether oxygens (including phenoxy) is 2. The van der Waals surface area contributed by atoms with Crippen molar-refractivity contribution in [2.45, 2.75) is 36.8 Å². The number of thiophene rings is 1. The lowest BCUT2D eigenvalue weighted by Crippen LogP contribution is -2.52. The van der Waals surface area contributed by atoms with Crippen molar-refractivity contribution in [1.82, 2.24) is 10.2 Å². The first-order valence-electron chi connectivity index (χ1n) is 11.9. The lowest BCUT2D eigenvalue weighted by molar-refractivity contribution is -0.133. The molecule has 0 saturated carbocycles. The maximum absolute atomic E-state index is 13.3. The quantitative estimate of drug-likeness (QED) is 0.558. The van der Waals surface area contributed by atoms with Crippen LogP contribution in [0.5, 0.6) is 5.75 Å². The van der Waals surface area contributed by atoms with Gasteiger partial charge in [-0.25, -0.2) is 0 Å². The summed E-state index contributed by atoms with van der Waals surface area (Å²) in [6.07, 6.45) is 1.80. The van der Waals surface area contributed by atoms with Gasteiger partial charge < -0.3 is 19.7 Å². The minimum atomic E-state index is -0.290. The third kappa shape index (κ3) is 4.23. The summed E-state index contributed by atoms with van der Waals surface area (Å²) in [7, 11) is 3.28. The average Bonchev–Trinajstić information content (AvgIpc) is 3.49. The number of fused-ring (bicyclic) bond motifs is 2. The van der Waals surface area contributed by atoms with Gasteiger partial charge >= 0.3 is 0 Å². The molecule has 2 atom stereocenters. The van der Waals surface area contributed by atoms with E-state index in [9.17, 15) is 9.59 Å². The smallest absolute Gasteiger partial charge is 0.255 e. The first-order valence-corrected chi connectivity index (χ1v) is 12.9. The van der Waals surface area contributed by atoms with E-state index in [1.165, 1.54) is 5.56 Å². The maximum Gasteiger partial charge on any atom is 0.255 e. The second kappa shape index (κ2) is 9.84. The minimum absolute atomic E-state index is 0.166. The van der Waals surface area contributed by atoms with E-state index in [-0.39, 0.29) is 29.4 Å². The Morgan fingerprint density at radius 2 is 1.80 bits per heavy atom. The molecule has 2 heterocycles. The summed E-state index contributed by atoms with van der Waals surface area (Å²) in [6, 6.07) is 17.2. The summed E-state index contributed by atoms with van der Waals surface area (Å²) in [5, 5.41) is 7.28. The number of piperidine rings is 1. The van der Waals surface area contributed by atoms with Crippen molar-refractivity contribution in [3.05, 3.63) is 87.6 Å². The molecule has 1 aliphatic heterocycles. The van der Waals surface area contributed by atoms with E-state index in [4.69, 9.17) is 9.47 Å². The number of carbonyl (C=O) groups excluding carboxylic acids is 2. The van der Waals surface area contributed by atoms with E-state index < -0.39 is 0 Å². The molecule has 5 rings (SSSR count). The highest BCUT2D eigenvalue weighted by atomic mass is 32.1. The molecule has 2 aliphatic rings.